The number of benzene rings is 7. The van der Waals surface area contributed by atoms with Crippen molar-refractivity contribution in [2.45, 2.75) is 0 Å². The number of hydrogen-bond donors (Lipinski definition) is 0. The van der Waals surface area contributed by atoms with Crippen LogP contribution in [0.5, 0.6) is 11.5 Å². The molecule has 0 spiro atoms. The van der Waals surface area contributed by atoms with Crippen molar-refractivity contribution in [1.29, 1.82) is 0 Å². The van der Waals surface area contributed by atoms with E-state index >= 15 is 0 Å². The molecule has 0 aromatic heterocycles. The molecule has 2 aliphatic rings. The summed E-state index contributed by atoms with van der Waals surface area (Å²) in [6.45, 7) is 0. The molecule has 0 saturated heterocycles. The van der Waals surface area contributed by atoms with Gasteiger partial charge in [-0.3, -0.25) is 0 Å². The van der Waals surface area contributed by atoms with E-state index in [4.69, 9.17) is 4.74 Å². The minimum Gasteiger partial charge on any atom is -0.457 e. The van der Waals surface area contributed by atoms with Gasteiger partial charge >= 0.3 is 24.0 Å². The Kier molecular flexibility index (Phi) is 7.15. The lowest BCUT2D eigenvalue weighted by molar-refractivity contribution is -0.499. The Labute approximate surface area is 289 Å². The highest BCUT2D eigenvalue weighted by Crippen LogP contribution is 2.47. The minimum atomic E-state index is 0.719. The van der Waals surface area contributed by atoms with Gasteiger partial charge in [-0.2, -0.15) is 0 Å². The maximum absolute atomic E-state index is 6.45. The molecule has 0 aliphatic carbocycles. The van der Waals surface area contributed by atoms with Crippen LogP contribution in [0.2, 0.25) is 0 Å². The van der Waals surface area contributed by atoms with Gasteiger partial charge in [0, 0.05) is 22.9 Å². The third-order valence-electron chi connectivity index (χ3n) is 8.97. The van der Waals surface area contributed by atoms with Gasteiger partial charge in [0.25, 0.3) is 5.69 Å². The van der Waals surface area contributed by atoms with Crippen molar-refractivity contribution in [3.63, 3.8) is 0 Å². The van der Waals surface area contributed by atoms with Crippen LogP contribution in [0, 0.1) is 0 Å². The SMILES string of the molecule is C[N+]1=C=[N+](c2cccc(Oc3cccc([N+]4=C=[N+](c5c(-c6ccccc6)cccc5-c5ccccc5)c5c4ccc4ccccc54)c3)c2)C=N1. The third kappa shape index (κ3) is 5.24. The molecule has 50 heavy (non-hydrogen) atoms. The van der Waals surface area contributed by atoms with Gasteiger partial charge < -0.3 is 4.74 Å². The van der Waals surface area contributed by atoms with E-state index in [0.717, 1.165) is 67.6 Å². The molecule has 0 unspecified atom stereocenters. The van der Waals surface area contributed by atoms with Gasteiger partial charge in [-0.25, -0.2) is 0 Å². The van der Waals surface area contributed by atoms with Gasteiger partial charge in [0.1, 0.15) is 11.5 Å². The summed E-state index contributed by atoms with van der Waals surface area (Å²) < 4.78 is 14.3. The highest BCUT2D eigenvalue weighted by Gasteiger charge is 2.41. The fraction of sp³-hybridized carbons (Fsp3) is 0.0227. The Morgan fingerprint density at radius 3 is 1.82 bits per heavy atom. The molecule has 6 nitrogen and oxygen atoms in total. The number of rotatable bonds is 7. The van der Waals surface area contributed by atoms with E-state index in [9.17, 15) is 0 Å². The monoisotopic (exact) mass is 645 g/mol. The normalized spacial score (nSPS) is 13.1. The van der Waals surface area contributed by atoms with Crippen molar-refractivity contribution >= 4 is 57.6 Å². The van der Waals surface area contributed by atoms with Crippen LogP contribution in [-0.2, 0) is 0 Å². The zero-order valence-electron chi connectivity index (χ0n) is 27.3. The zero-order chi connectivity index (χ0) is 33.4. The lowest BCUT2D eigenvalue weighted by atomic mass is 9.95. The smallest absolute Gasteiger partial charge is 0.457 e. The quantitative estimate of drug-likeness (QED) is 0.159. The van der Waals surface area contributed by atoms with Crippen molar-refractivity contribution in [3.05, 3.63) is 164 Å². The number of fused-ring (bicyclic) bond motifs is 3. The van der Waals surface area contributed by atoms with Crippen molar-refractivity contribution in [2.24, 2.45) is 5.10 Å². The summed E-state index contributed by atoms with van der Waals surface area (Å²) >= 11 is 0. The topological polar surface area (TPSA) is 33.6 Å². The number of hydrazone groups is 1. The molecular weight excluding hydrogens is 615 g/mol. The fourth-order valence-electron chi connectivity index (χ4n) is 6.69. The van der Waals surface area contributed by atoms with Gasteiger partial charge in [-0.1, -0.05) is 97.1 Å². The van der Waals surface area contributed by atoms with Crippen LogP contribution in [0.15, 0.2) is 169 Å². The first-order valence-corrected chi connectivity index (χ1v) is 16.5. The van der Waals surface area contributed by atoms with E-state index in [-0.39, 0.29) is 0 Å². The van der Waals surface area contributed by atoms with Crippen LogP contribution in [-0.4, -0.2) is 34.7 Å². The molecule has 7 aromatic carbocycles. The van der Waals surface area contributed by atoms with Gasteiger partial charge in [0.15, 0.2) is 7.05 Å². The summed E-state index contributed by atoms with van der Waals surface area (Å²) in [5.74, 6) is 1.44. The van der Waals surface area contributed by atoms with Crippen LogP contribution >= 0.6 is 0 Å². The largest absolute Gasteiger partial charge is 0.524 e. The highest BCUT2D eigenvalue weighted by atomic mass is 16.5. The molecule has 9 rings (SSSR count). The van der Waals surface area contributed by atoms with Gasteiger partial charge in [0.2, 0.25) is 17.1 Å². The Morgan fingerprint density at radius 2 is 1.14 bits per heavy atom. The van der Waals surface area contributed by atoms with E-state index in [1.165, 1.54) is 5.39 Å². The van der Waals surface area contributed by atoms with Gasteiger partial charge in [-0.15, -0.1) is 0 Å². The first-order chi connectivity index (χ1) is 24.7. The highest BCUT2D eigenvalue weighted by molar-refractivity contribution is 6.06. The summed E-state index contributed by atoms with van der Waals surface area (Å²) in [5, 5.41) is 6.55. The molecule has 6 heteroatoms. The number of nitrogens with zero attached hydrogens (tertiary/aromatic N) is 5. The maximum Gasteiger partial charge on any atom is 0.524 e. The average Bonchev–Trinajstić information content (AvgIpc) is 3.80. The number of para-hydroxylation sites is 1. The van der Waals surface area contributed by atoms with Crippen molar-refractivity contribution in [1.82, 2.24) is 9.15 Å². The standard InChI is InChI=1S/C44H31N5O/c1-46-30-47(29-45-46)35-18-10-20-37(27-35)50-38-21-11-19-36(28-38)48-31-49(44-41-22-9-8-17-34(41)25-26-42(44)48)43-39(32-13-4-2-5-14-32)23-12-24-40(43)33-15-6-3-7-16-33/h2-29H,1H3/q+4. The molecule has 234 valence electrons. The predicted molar refractivity (Wildman–Crippen MR) is 202 cm³/mol. The molecule has 0 bridgehead atoms. The predicted octanol–water partition coefficient (Wildman–Crippen LogP) is 10.2. The Balaban J connectivity index is 1.24. The van der Waals surface area contributed by atoms with Crippen LogP contribution in [0.25, 0.3) is 33.0 Å². The Morgan fingerprint density at radius 1 is 0.520 bits per heavy atom. The van der Waals surface area contributed by atoms with Crippen molar-refractivity contribution in [2.75, 3.05) is 7.05 Å². The van der Waals surface area contributed by atoms with Gasteiger partial charge in [-0.05, 0) is 66.6 Å². The van der Waals surface area contributed by atoms with Crippen LogP contribution < -0.4 is 13.9 Å². The third-order valence-corrected chi connectivity index (χ3v) is 8.97. The average molecular weight is 646 g/mol. The molecule has 0 N–H and O–H groups in total. The van der Waals surface area contributed by atoms with Crippen LogP contribution in [0.3, 0.4) is 0 Å². The van der Waals surface area contributed by atoms with Crippen LogP contribution in [0.4, 0.5) is 28.4 Å². The van der Waals surface area contributed by atoms with Crippen LogP contribution in [0.1, 0.15) is 0 Å². The number of hydrogen-bond acceptors (Lipinski definition) is 2. The lowest BCUT2D eigenvalue weighted by Crippen LogP contribution is -2.05. The molecule has 0 amide bonds. The summed E-state index contributed by atoms with van der Waals surface area (Å²) in [5.41, 5.74) is 9.56. The molecule has 0 fully saturated rings. The van der Waals surface area contributed by atoms with E-state index in [0.29, 0.717) is 0 Å². The molecule has 0 atom stereocenters. The van der Waals surface area contributed by atoms with E-state index < -0.39 is 0 Å². The first-order valence-electron chi connectivity index (χ1n) is 16.5. The fourth-order valence-corrected chi connectivity index (χ4v) is 6.69. The molecule has 2 aliphatic heterocycles. The van der Waals surface area contributed by atoms with Gasteiger partial charge in [0.05, 0.1) is 33.7 Å². The summed E-state index contributed by atoms with van der Waals surface area (Å²) in [6, 6.07) is 63.7. The second kappa shape index (κ2) is 12.2. The molecule has 7 aromatic rings. The second-order valence-corrected chi connectivity index (χ2v) is 12.2. The molecular formula is C44H31N5O+4. The van der Waals surface area contributed by atoms with Crippen molar-refractivity contribution in [3.8, 4) is 33.8 Å². The Bertz CT molecular complexity index is 2590. The summed E-state index contributed by atoms with van der Waals surface area (Å²) in [7, 11) is 1.85. The van der Waals surface area contributed by atoms with E-state index in [2.05, 4.69) is 154 Å². The molecule has 0 radical (unpaired) electrons. The lowest BCUT2D eigenvalue weighted by Gasteiger charge is -2.11. The summed E-state index contributed by atoms with van der Waals surface area (Å²) in [6.07, 6.45) is 1.73. The minimum absolute atomic E-state index is 0.719. The molecule has 2 heterocycles. The Hall–Kier alpha value is -6.97. The number of ether oxygens (including phenoxy) is 1. The zero-order valence-corrected chi connectivity index (χ0v) is 27.3. The second-order valence-electron chi connectivity index (χ2n) is 12.2. The maximum atomic E-state index is 6.45. The first kappa shape index (κ1) is 29.2. The van der Waals surface area contributed by atoms with E-state index in [1.54, 1.807) is 11.0 Å². The van der Waals surface area contributed by atoms with E-state index in [1.807, 2.05) is 48.0 Å². The molecule has 0 saturated carbocycles. The summed E-state index contributed by atoms with van der Waals surface area (Å²) in [4.78, 5) is 0. The van der Waals surface area contributed by atoms with Crippen molar-refractivity contribution < 1.29 is 14.0 Å².